The summed E-state index contributed by atoms with van der Waals surface area (Å²) in [6, 6.07) is 9.70. The second kappa shape index (κ2) is 9.01. The van der Waals surface area contributed by atoms with Crippen molar-refractivity contribution in [2.75, 3.05) is 5.32 Å². The van der Waals surface area contributed by atoms with Gasteiger partial charge in [-0.1, -0.05) is 25.1 Å². The SMILES string of the molecule is CCCc1nc2sc(C(=O)Nc3ccccc3C)c(C)c2c(=O)n1CCCC#N. The molecule has 150 valence electrons. The van der Waals surface area contributed by atoms with E-state index in [0.717, 1.165) is 23.5 Å². The van der Waals surface area contributed by atoms with Gasteiger partial charge in [-0.25, -0.2) is 4.98 Å². The van der Waals surface area contributed by atoms with Gasteiger partial charge in [0, 0.05) is 25.1 Å². The van der Waals surface area contributed by atoms with E-state index in [-0.39, 0.29) is 11.5 Å². The van der Waals surface area contributed by atoms with E-state index in [1.54, 1.807) is 11.5 Å². The molecule has 0 radical (unpaired) electrons. The van der Waals surface area contributed by atoms with Crippen molar-refractivity contribution in [2.45, 2.75) is 53.0 Å². The predicted molar refractivity (Wildman–Crippen MR) is 117 cm³/mol. The number of anilines is 1. The first-order valence-corrected chi connectivity index (χ1v) is 10.6. The van der Waals surface area contributed by atoms with Crippen LogP contribution in [0, 0.1) is 25.2 Å². The summed E-state index contributed by atoms with van der Waals surface area (Å²) in [5.41, 5.74) is 2.26. The average Bonchev–Trinajstić information content (AvgIpc) is 3.03. The molecule has 0 aliphatic rings. The number of rotatable bonds is 7. The number of amides is 1. The minimum absolute atomic E-state index is 0.125. The molecular weight excluding hydrogens is 384 g/mol. The molecule has 1 aromatic carbocycles. The van der Waals surface area contributed by atoms with Gasteiger partial charge in [0.05, 0.1) is 16.3 Å². The molecule has 3 rings (SSSR count). The third-order valence-corrected chi connectivity index (χ3v) is 6.06. The lowest BCUT2D eigenvalue weighted by Crippen LogP contribution is -2.25. The second-order valence-electron chi connectivity index (χ2n) is 7.00. The van der Waals surface area contributed by atoms with Crippen LogP contribution in [0.2, 0.25) is 0 Å². The summed E-state index contributed by atoms with van der Waals surface area (Å²) in [5, 5.41) is 12.3. The number of carbonyl (C=O) groups excluding carboxylic acids is 1. The fourth-order valence-corrected chi connectivity index (χ4v) is 4.41. The Hall–Kier alpha value is -2.98. The van der Waals surface area contributed by atoms with Crippen LogP contribution in [0.4, 0.5) is 5.69 Å². The van der Waals surface area contributed by atoms with Crippen molar-refractivity contribution in [2.24, 2.45) is 0 Å². The van der Waals surface area contributed by atoms with Crippen molar-refractivity contribution in [1.82, 2.24) is 9.55 Å². The maximum Gasteiger partial charge on any atom is 0.266 e. The number of nitrogens with one attached hydrogen (secondary N) is 1. The van der Waals surface area contributed by atoms with Gasteiger partial charge in [0.1, 0.15) is 10.7 Å². The third-order valence-electron chi connectivity index (χ3n) is 4.87. The number of aryl methyl sites for hydroxylation is 3. The highest BCUT2D eigenvalue weighted by molar-refractivity contribution is 7.20. The molecule has 0 saturated heterocycles. The molecule has 2 heterocycles. The Kier molecular flexibility index (Phi) is 6.45. The maximum absolute atomic E-state index is 13.2. The number of carbonyl (C=O) groups is 1. The van der Waals surface area contributed by atoms with Crippen LogP contribution in [0.1, 0.15) is 52.8 Å². The molecule has 3 aromatic rings. The topological polar surface area (TPSA) is 87.8 Å². The fourth-order valence-electron chi connectivity index (χ4n) is 3.33. The lowest BCUT2D eigenvalue weighted by molar-refractivity contribution is 0.103. The van der Waals surface area contributed by atoms with Crippen LogP contribution in [-0.2, 0) is 13.0 Å². The van der Waals surface area contributed by atoms with Crippen molar-refractivity contribution in [3.8, 4) is 6.07 Å². The molecule has 7 heteroatoms. The number of thiophene rings is 1. The lowest BCUT2D eigenvalue weighted by atomic mass is 10.1. The summed E-state index contributed by atoms with van der Waals surface area (Å²) in [6.45, 7) is 6.24. The Labute approximate surface area is 173 Å². The minimum Gasteiger partial charge on any atom is -0.321 e. The van der Waals surface area contributed by atoms with Crippen molar-refractivity contribution in [3.05, 3.63) is 56.4 Å². The van der Waals surface area contributed by atoms with Crippen LogP contribution < -0.4 is 10.9 Å². The second-order valence-corrected chi connectivity index (χ2v) is 8.00. The van der Waals surface area contributed by atoms with E-state index in [2.05, 4.69) is 11.4 Å². The Morgan fingerprint density at radius 1 is 1.31 bits per heavy atom. The molecule has 6 nitrogen and oxygen atoms in total. The van der Waals surface area contributed by atoms with E-state index in [1.165, 1.54) is 11.3 Å². The van der Waals surface area contributed by atoms with Crippen LogP contribution in [0.3, 0.4) is 0 Å². The van der Waals surface area contributed by atoms with Gasteiger partial charge in [-0.3, -0.25) is 14.2 Å². The monoisotopic (exact) mass is 408 g/mol. The van der Waals surface area contributed by atoms with Crippen LogP contribution in [0.5, 0.6) is 0 Å². The van der Waals surface area contributed by atoms with Gasteiger partial charge in [-0.15, -0.1) is 11.3 Å². The zero-order valence-electron chi connectivity index (χ0n) is 16.9. The van der Waals surface area contributed by atoms with E-state index < -0.39 is 0 Å². The number of hydrogen-bond donors (Lipinski definition) is 1. The smallest absolute Gasteiger partial charge is 0.266 e. The summed E-state index contributed by atoms with van der Waals surface area (Å²) in [4.78, 5) is 31.9. The van der Waals surface area contributed by atoms with Gasteiger partial charge in [-0.05, 0) is 43.9 Å². The highest BCUT2D eigenvalue weighted by atomic mass is 32.1. The van der Waals surface area contributed by atoms with Crippen molar-refractivity contribution in [1.29, 1.82) is 5.26 Å². The molecule has 0 fully saturated rings. The number of unbranched alkanes of at least 4 members (excludes halogenated alkanes) is 1. The van der Waals surface area contributed by atoms with E-state index in [1.807, 2.05) is 38.1 Å². The Morgan fingerprint density at radius 2 is 2.07 bits per heavy atom. The van der Waals surface area contributed by atoms with Crippen molar-refractivity contribution >= 4 is 33.1 Å². The summed E-state index contributed by atoms with van der Waals surface area (Å²) >= 11 is 1.26. The predicted octanol–water partition coefficient (Wildman–Crippen LogP) is 4.58. The molecule has 0 atom stereocenters. The number of fused-ring (bicyclic) bond motifs is 1. The summed E-state index contributed by atoms with van der Waals surface area (Å²) in [5.74, 6) is 0.488. The highest BCUT2D eigenvalue weighted by Crippen LogP contribution is 2.29. The number of benzene rings is 1. The molecule has 29 heavy (non-hydrogen) atoms. The highest BCUT2D eigenvalue weighted by Gasteiger charge is 2.21. The van der Waals surface area contributed by atoms with Crippen LogP contribution in [-0.4, -0.2) is 15.5 Å². The number of hydrogen-bond acceptors (Lipinski definition) is 5. The first-order valence-electron chi connectivity index (χ1n) is 9.74. The summed E-state index contributed by atoms with van der Waals surface area (Å²) < 4.78 is 1.67. The number of aromatic nitrogens is 2. The normalized spacial score (nSPS) is 10.8. The first-order chi connectivity index (χ1) is 14.0. The van der Waals surface area contributed by atoms with Gasteiger partial charge in [-0.2, -0.15) is 5.26 Å². The van der Waals surface area contributed by atoms with Crippen molar-refractivity contribution in [3.63, 3.8) is 0 Å². The zero-order chi connectivity index (χ0) is 21.0. The molecule has 1 N–H and O–H groups in total. The zero-order valence-corrected chi connectivity index (χ0v) is 17.7. The van der Waals surface area contributed by atoms with E-state index in [0.29, 0.717) is 46.5 Å². The van der Waals surface area contributed by atoms with E-state index >= 15 is 0 Å². The third kappa shape index (κ3) is 4.22. The minimum atomic E-state index is -0.229. The van der Waals surface area contributed by atoms with Crippen molar-refractivity contribution < 1.29 is 4.79 Å². The molecule has 0 spiro atoms. The van der Waals surface area contributed by atoms with Crippen LogP contribution in [0.25, 0.3) is 10.2 Å². The van der Waals surface area contributed by atoms with Gasteiger partial charge < -0.3 is 5.32 Å². The summed E-state index contributed by atoms with van der Waals surface area (Å²) in [7, 11) is 0. The average molecular weight is 409 g/mol. The van der Waals surface area contributed by atoms with Gasteiger partial charge in [0.25, 0.3) is 11.5 Å². The van der Waals surface area contributed by atoms with Crippen LogP contribution >= 0.6 is 11.3 Å². The largest absolute Gasteiger partial charge is 0.321 e. The molecule has 0 aliphatic carbocycles. The summed E-state index contributed by atoms with van der Waals surface area (Å²) in [6.07, 6.45) is 2.54. The van der Waals surface area contributed by atoms with E-state index in [4.69, 9.17) is 10.2 Å². The van der Waals surface area contributed by atoms with Gasteiger partial charge >= 0.3 is 0 Å². The van der Waals surface area contributed by atoms with Gasteiger partial charge in [0.2, 0.25) is 0 Å². The molecule has 2 aromatic heterocycles. The van der Waals surface area contributed by atoms with Gasteiger partial charge in [0.15, 0.2) is 0 Å². The molecule has 0 aliphatic heterocycles. The maximum atomic E-state index is 13.2. The molecule has 0 saturated carbocycles. The molecule has 0 bridgehead atoms. The molecular formula is C22H24N4O2S. The Bertz CT molecular complexity index is 1150. The molecule has 1 amide bonds. The number of nitrogens with zero attached hydrogens (tertiary/aromatic N) is 3. The Balaban J connectivity index is 2.05. The fraction of sp³-hybridized carbons (Fsp3) is 0.364. The first kappa shape index (κ1) is 20.7. The van der Waals surface area contributed by atoms with E-state index in [9.17, 15) is 9.59 Å². The quantitative estimate of drug-likeness (QED) is 0.580. The standard InChI is InChI=1S/C22H24N4O2S/c1-4-9-17-25-21-18(22(28)26(17)13-8-7-12-23)15(3)19(29-21)20(27)24-16-11-6-5-10-14(16)2/h5-6,10-11H,4,7-9,13H2,1-3H3,(H,24,27). The number of para-hydroxylation sites is 1. The lowest BCUT2D eigenvalue weighted by Gasteiger charge is -2.11. The molecule has 0 unspecified atom stereocenters. The number of nitriles is 1. The van der Waals surface area contributed by atoms with Crippen LogP contribution in [0.15, 0.2) is 29.1 Å². The Morgan fingerprint density at radius 3 is 2.76 bits per heavy atom.